The van der Waals surface area contributed by atoms with Crippen molar-refractivity contribution in [2.75, 3.05) is 7.11 Å². The monoisotopic (exact) mass is 461 g/mol. The highest BCUT2D eigenvalue weighted by molar-refractivity contribution is 6.46. The zero-order valence-corrected chi connectivity index (χ0v) is 18.6. The van der Waals surface area contributed by atoms with Crippen molar-refractivity contribution in [2.45, 2.75) is 32.0 Å². The van der Waals surface area contributed by atoms with Crippen molar-refractivity contribution in [3.05, 3.63) is 82.8 Å². The predicted molar refractivity (Wildman–Crippen MR) is 121 cm³/mol. The maximum atomic E-state index is 13.2. The Morgan fingerprint density at radius 1 is 1.18 bits per heavy atom. The summed E-state index contributed by atoms with van der Waals surface area (Å²) in [6.45, 7) is 1.98. The van der Waals surface area contributed by atoms with Crippen LogP contribution in [0.5, 0.6) is 17.2 Å². The number of hydrogen-bond acceptors (Lipinski definition) is 7. The third-order valence-electron chi connectivity index (χ3n) is 6.14. The molecule has 8 heteroatoms. The predicted octanol–water partition coefficient (Wildman–Crippen LogP) is 3.94. The fraction of sp³-hybridized carbons (Fsp3) is 0.231. The average Bonchev–Trinajstić information content (AvgIpc) is 3.53. The first-order valence-corrected chi connectivity index (χ1v) is 10.8. The molecule has 2 aromatic carbocycles. The number of phenolic OH excluding ortho intramolecular Hbond substituents is 1. The number of Topliss-reactive ketones (excluding diaryl/α,β-unsaturated/α-hetero) is 1. The first kappa shape index (κ1) is 21.6. The number of aromatic hydroxyl groups is 1. The highest BCUT2D eigenvalue weighted by Gasteiger charge is 2.46. The van der Waals surface area contributed by atoms with Crippen LogP contribution in [0.1, 0.15) is 35.4 Å². The van der Waals surface area contributed by atoms with E-state index in [0.29, 0.717) is 23.3 Å². The molecule has 0 radical (unpaired) electrons. The minimum absolute atomic E-state index is 0.0238. The summed E-state index contributed by atoms with van der Waals surface area (Å²) in [4.78, 5) is 27.7. The normalized spacial score (nSPS) is 20.9. The summed E-state index contributed by atoms with van der Waals surface area (Å²) in [6, 6.07) is 12.3. The van der Waals surface area contributed by atoms with E-state index in [2.05, 4.69) is 0 Å². The van der Waals surface area contributed by atoms with Gasteiger partial charge in [-0.15, -0.1) is 0 Å². The molecule has 0 spiro atoms. The smallest absolute Gasteiger partial charge is 0.296 e. The van der Waals surface area contributed by atoms with Crippen molar-refractivity contribution in [1.82, 2.24) is 4.90 Å². The maximum absolute atomic E-state index is 13.2. The molecule has 1 amide bonds. The Hall–Kier alpha value is -4.20. The second-order valence-corrected chi connectivity index (χ2v) is 8.39. The summed E-state index contributed by atoms with van der Waals surface area (Å²) in [6.07, 6.45) is 2.19. The molecule has 3 aromatic rings. The van der Waals surface area contributed by atoms with Gasteiger partial charge in [-0.05, 0) is 60.5 Å². The molecule has 3 heterocycles. The number of nitrogens with zero attached hydrogens (tertiary/aromatic N) is 1. The Morgan fingerprint density at radius 3 is 2.74 bits per heavy atom. The summed E-state index contributed by atoms with van der Waals surface area (Å²) in [5.74, 6) is -0.505. The lowest BCUT2D eigenvalue weighted by Gasteiger charge is -2.25. The number of carbonyl (C=O) groups excluding carboxylic acids is 2. The van der Waals surface area contributed by atoms with Gasteiger partial charge in [-0.3, -0.25) is 9.59 Å². The molecular weight excluding hydrogens is 438 g/mol. The van der Waals surface area contributed by atoms with E-state index in [-0.39, 0.29) is 35.5 Å². The summed E-state index contributed by atoms with van der Waals surface area (Å²) in [7, 11) is 1.41. The fourth-order valence-electron chi connectivity index (χ4n) is 4.55. The Balaban J connectivity index is 1.65. The highest BCUT2D eigenvalue weighted by atomic mass is 16.5. The van der Waals surface area contributed by atoms with Crippen molar-refractivity contribution in [3.8, 4) is 17.2 Å². The van der Waals surface area contributed by atoms with Crippen LogP contribution in [0.3, 0.4) is 0 Å². The van der Waals surface area contributed by atoms with Crippen molar-refractivity contribution < 1.29 is 33.7 Å². The largest absolute Gasteiger partial charge is 0.507 e. The van der Waals surface area contributed by atoms with Gasteiger partial charge in [0.2, 0.25) is 0 Å². The number of furan rings is 1. The molecule has 2 N–H and O–H groups in total. The zero-order chi connectivity index (χ0) is 24.0. The first-order chi connectivity index (χ1) is 16.4. The van der Waals surface area contributed by atoms with Gasteiger partial charge in [-0.2, -0.15) is 0 Å². The number of methoxy groups -OCH3 is 1. The SMILES string of the molecule is COc1cc([C@@H]2C(=C(O)c3ccc4c(c3)C[C@@H](C)O4)C(=O)C(=O)N2Cc2ccco2)ccc1O. The van der Waals surface area contributed by atoms with Gasteiger partial charge in [-0.1, -0.05) is 6.07 Å². The topological polar surface area (TPSA) is 109 Å². The molecule has 0 bridgehead atoms. The molecule has 2 aliphatic heterocycles. The van der Waals surface area contributed by atoms with Crippen LogP contribution in [0.4, 0.5) is 0 Å². The first-order valence-electron chi connectivity index (χ1n) is 10.8. The van der Waals surface area contributed by atoms with Gasteiger partial charge in [0.1, 0.15) is 23.4 Å². The van der Waals surface area contributed by atoms with Crippen LogP contribution >= 0.6 is 0 Å². The molecule has 0 saturated carbocycles. The Labute approximate surface area is 195 Å². The molecule has 5 rings (SSSR count). The number of ether oxygens (including phenoxy) is 2. The summed E-state index contributed by atoms with van der Waals surface area (Å²) in [5, 5.41) is 21.4. The van der Waals surface area contributed by atoms with E-state index < -0.39 is 17.7 Å². The number of benzene rings is 2. The van der Waals surface area contributed by atoms with Crippen LogP contribution in [0.25, 0.3) is 5.76 Å². The molecule has 1 saturated heterocycles. The molecule has 1 aromatic heterocycles. The second kappa shape index (κ2) is 8.30. The van der Waals surface area contributed by atoms with Gasteiger partial charge in [-0.25, -0.2) is 0 Å². The zero-order valence-electron chi connectivity index (χ0n) is 18.6. The average molecular weight is 461 g/mol. The van der Waals surface area contributed by atoms with Crippen LogP contribution in [-0.2, 0) is 22.6 Å². The molecule has 0 unspecified atom stereocenters. The van der Waals surface area contributed by atoms with Crippen LogP contribution in [0, 0.1) is 0 Å². The van der Waals surface area contributed by atoms with Gasteiger partial charge in [0, 0.05) is 12.0 Å². The molecule has 34 heavy (non-hydrogen) atoms. The molecule has 2 aliphatic rings. The number of aliphatic hydroxyl groups excluding tert-OH is 1. The minimum Gasteiger partial charge on any atom is -0.507 e. The van der Waals surface area contributed by atoms with Crippen molar-refractivity contribution in [1.29, 1.82) is 0 Å². The van der Waals surface area contributed by atoms with E-state index >= 15 is 0 Å². The number of ketones is 1. The van der Waals surface area contributed by atoms with E-state index in [1.165, 1.54) is 24.3 Å². The van der Waals surface area contributed by atoms with Gasteiger partial charge < -0.3 is 29.0 Å². The number of amides is 1. The highest BCUT2D eigenvalue weighted by Crippen LogP contribution is 2.43. The van der Waals surface area contributed by atoms with Crippen molar-refractivity contribution in [2.24, 2.45) is 0 Å². The van der Waals surface area contributed by atoms with E-state index in [4.69, 9.17) is 13.9 Å². The molecule has 8 nitrogen and oxygen atoms in total. The number of fused-ring (bicyclic) bond motifs is 1. The summed E-state index contributed by atoms with van der Waals surface area (Å²) >= 11 is 0. The van der Waals surface area contributed by atoms with Gasteiger partial charge >= 0.3 is 0 Å². The molecule has 1 fully saturated rings. The fourth-order valence-corrected chi connectivity index (χ4v) is 4.55. The maximum Gasteiger partial charge on any atom is 0.296 e. The molecule has 174 valence electrons. The van der Waals surface area contributed by atoms with E-state index in [1.807, 2.05) is 6.92 Å². The van der Waals surface area contributed by atoms with Crippen LogP contribution in [0.2, 0.25) is 0 Å². The number of rotatable bonds is 5. The summed E-state index contributed by atoms with van der Waals surface area (Å²) < 4.78 is 16.4. The third kappa shape index (κ3) is 3.57. The molecular formula is C26H23NO7. The van der Waals surface area contributed by atoms with Crippen LogP contribution in [0.15, 0.2) is 64.8 Å². The number of phenols is 1. The number of aliphatic hydroxyl groups is 1. The summed E-state index contributed by atoms with van der Waals surface area (Å²) in [5.41, 5.74) is 1.80. The third-order valence-corrected chi connectivity index (χ3v) is 6.14. The van der Waals surface area contributed by atoms with Crippen molar-refractivity contribution >= 4 is 17.4 Å². The Morgan fingerprint density at radius 2 is 2.00 bits per heavy atom. The Kier molecular flexibility index (Phi) is 5.28. The molecule has 0 aliphatic carbocycles. The lowest BCUT2D eigenvalue weighted by Crippen LogP contribution is -2.29. The molecule has 2 atom stereocenters. The second-order valence-electron chi connectivity index (χ2n) is 8.39. The number of hydrogen-bond donors (Lipinski definition) is 2. The number of likely N-dealkylation sites (tertiary alicyclic amines) is 1. The number of carbonyl (C=O) groups is 2. The Bertz CT molecular complexity index is 1310. The van der Waals surface area contributed by atoms with E-state index in [0.717, 1.165) is 11.3 Å². The van der Waals surface area contributed by atoms with Crippen LogP contribution in [-0.4, -0.2) is 40.0 Å². The van der Waals surface area contributed by atoms with Gasteiger partial charge in [0.15, 0.2) is 11.5 Å². The van der Waals surface area contributed by atoms with Gasteiger partial charge in [0.05, 0.1) is 31.5 Å². The lowest BCUT2D eigenvalue weighted by molar-refractivity contribution is -0.140. The quantitative estimate of drug-likeness (QED) is 0.336. The standard InChI is InChI=1S/C26H23NO7/c1-14-10-17-11-16(6-8-20(17)34-14)24(29)22-23(15-5-7-19(28)21(12-15)32-2)27(26(31)25(22)30)13-18-4-3-9-33-18/h3-9,11-12,14,23,28-29H,10,13H2,1-2H3/t14-,23-/m1/s1. The lowest BCUT2D eigenvalue weighted by atomic mass is 9.94. The minimum atomic E-state index is -0.914. The van der Waals surface area contributed by atoms with E-state index in [1.54, 1.807) is 42.5 Å². The van der Waals surface area contributed by atoms with Gasteiger partial charge in [0.25, 0.3) is 11.7 Å². The van der Waals surface area contributed by atoms with E-state index in [9.17, 15) is 19.8 Å². The van der Waals surface area contributed by atoms with Crippen molar-refractivity contribution in [3.63, 3.8) is 0 Å². The van der Waals surface area contributed by atoms with Crippen LogP contribution < -0.4 is 9.47 Å².